The third kappa shape index (κ3) is 3.51. The molecule has 0 heterocycles. The predicted octanol–water partition coefficient (Wildman–Crippen LogP) is 3.03. The summed E-state index contributed by atoms with van der Waals surface area (Å²) in [6.45, 7) is 2.13. The van der Waals surface area contributed by atoms with Gasteiger partial charge in [-0.3, -0.25) is 4.79 Å². The molecule has 0 saturated carbocycles. The highest BCUT2D eigenvalue weighted by atomic mass is 16.5. The van der Waals surface area contributed by atoms with Crippen LogP contribution in [0.5, 0.6) is 5.75 Å². The number of anilines is 1. The number of hydrogen-bond acceptors (Lipinski definition) is 4. The summed E-state index contributed by atoms with van der Waals surface area (Å²) in [5, 5.41) is 12.7. The molecule has 4 heteroatoms. The summed E-state index contributed by atoms with van der Waals surface area (Å²) in [6, 6.07) is 15.1. The predicted molar refractivity (Wildman–Crippen MR) is 78.7 cm³/mol. The van der Waals surface area contributed by atoms with Gasteiger partial charge in [0, 0.05) is 0 Å². The van der Waals surface area contributed by atoms with Crippen LogP contribution in [-0.4, -0.2) is 24.2 Å². The van der Waals surface area contributed by atoms with Crippen molar-refractivity contribution >= 4 is 11.7 Å². The van der Waals surface area contributed by atoms with Crippen molar-refractivity contribution in [3.63, 3.8) is 0 Å². The zero-order valence-corrected chi connectivity index (χ0v) is 11.3. The van der Waals surface area contributed by atoms with Crippen LogP contribution in [0.15, 0.2) is 48.5 Å². The zero-order chi connectivity index (χ0) is 14.4. The molecule has 0 fully saturated rings. The average Bonchev–Trinajstić information content (AvgIpc) is 2.47. The molecule has 4 nitrogen and oxygen atoms in total. The maximum atomic E-state index is 11.3. The summed E-state index contributed by atoms with van der Waals surface area (Å²) in [5.41, 5.74) is 2.53. The lowest BCUT2D eigenvalue weighted by Gasteiger charge is -2.10. The van der Waals surface area contributed by atoms with Crippen molar-refractivity contribution in [2.24, 2.45) is 0 Å². The fourth-order valence-electron chi connectivity index (χ4n) is 1.87. The summed E-state index contributed by atoms with van der Waals surface area (Å²) in [4.78, 5) is 11.3. The van der Waals surface area contributed by atoms with Crippen LogP contribution in [0.25, 0.3) is 11.1 Å². The first-order valence-electron chi connectivity index (χ1n) is 6.48. The fraction of sp³-hybridized carbons (Fsp3) is 0.188. The number of nitrogens with one attached hydrogen (secondary N) is 1. The Balaban J connectivity index is 2.15. The first-order chi connectivity index (χ1) is 9.70. The van der Waals surface area contributed by atoms with Crippen LogP contribution in [-0.2, 0) is 9.53 Å². The SMILES string of the molecule is CCOC(=O)CNc1cc(-c2ccccc2)ccc1O. The Labute approximate surface area is 118 Å². The first-order valence-corrected chi connectivity index (χ1v) is 6.48. The zero-order valence-electron chi connectivity index (χ0n) is 11.3. The smallest absolute Gasteiger partial charge is 0.325 e. The summed E-state index contributed by atoms with van der Waals surface area (Å²) in [5.74, 6) is -0.244. The molecule has 0 aromatic heterocycles. The van der Waals surface area contributed by atoms with Crippen LogP contribution >= 0.6 is 0 Å². The van der Waals surface area contributed by atoms with Crippen molar-refractivity contribution in [3.8, 4) is 16.9 Å². The number of phenols is 1. The van der Waals surface area contributed by atoms with E-state index in [9.17, 15) is 9.90 Å². The summed E-state index contributed by atoms with van der Waals surface area (Å²) >= 11 is 0. The molecule has 104 valence electrons. The Morgan fingerprint density at radius 2 is 1.90 bits per heavy atom. The van der Waals surface area contributed by atoms with Crippen molar-refractivity contribution < 1.29 is 14.6 Å². The second-order valence-corrected chi connectivity index (χ2v) is 4.26. The van der Waals surface area contributed by atoms with E-state index in [0.717, 1.165) is 11.1 Å². The van der Waals surface area contributed by atoms with Crippen molar-refractivity contribution in [3.05, 3.63) is 48.5 Å². The van der Waals surface area contributed by atoms with E-state index in [1.54, 1.807) is 13.0 Å². The fourth-order valence-corrected chi connectivity index (χ4v) is 1.87. The van der Waals surface area contributed by atoms with Crippen LogP contribution < -0.4 is 5.32 Å². The van der Waals surface area contributed by atoms with Crippen molar-refractivity contribution in [1.29, 1.82) is 0 Å². The van der Waals surface area contributed by atoms with Gasteiger partial charge in [-0.2, -0.15) is 0 Å². The van der Waals surface area contributed by atoms with E-state index < -0.39 is 0 Å². The molecular formula is C16H17NO3. The van der Waals surface area contributed by atoms with Crippen molar-refractivity contribution in [1.82, 2.24) is 0 Å². The summed E-state index contributed by atoms with van der Waals surface area (Å²) < 4.78 is 4.84. The van der Waals surface area contributed by atoms with Gasteiger partial charge in [0.25, 0.3) is 0 Å². The minimum atomic E-state index is -0.350. The Morgan fingerprint density at radius 1 is 1.15 bits per heavy atom. The molecule has 20 heavy (non-hydrogen) atoms. The van der Waals surface area contributed by atoms with E-state index in [4.69, 9.17) is 4.74 Å². The highest BCUT2D eigenvalue weighted by Crippen LogP contribution is 2.29. The number of phenolic OH excluding ortho intramolecular Hbond substituents is 1. The average molecular weight is 271 g/mol. The van der Waals surface area contributed by atoms with E-state index in [0.29, 0.717) is 12.3 Å². The van der Waals surface area contributed by atoms with Crippen LogP contribution in [0, 0.1) is 0 Å². The van der Waals surface area contributed by atoms with Crippen LogP contribution in [0.1, 0.15) is 6.92 Å². The van der Waals surface area contributed by atoms with E-state index in [2.05, 4.69) is 5.32 Å². The number of benzene rings is 2. The number of carbonyl (C=O) groups excluding carboxylic acids is 1. The molecule has 0 radical (unpaired) electrons. The van der Waals surface area contributed by atoms with Gasteiger partial charge in [0.05, 0.1) is 12.3 Å². The quantitative estimate of drug-likeness (QED) is 0.648. The lowest BCUT2D eigenvalue weighted by molar-refractivity contribution is -0.140. The molecule has 0 bridgehead atoms. The Bertz CT molecular complexity index is 582. The largest absolute Gasteiger partial charge is 0.506 e. The molecule has 0 aliphatic carbocycles. The maximum Gasteiger partial charge on any atom is 0.325 e. The summed E-state index contributed by atoms with van der Waals surface area (Å²) in [6.07, 6.45) is 0. The van der Waals surface area contributed by atoms with Gasteiger partial charge in [0.1, 0.15) is 12.3 Å². The standard InChI is InChI=1S/C16H17NO3/c1-2-20-16(19)11-17-14-10-13(8-9-15(14)18)12-6-4-3-5-7-12/h3-10,17-18H,2,11H2,1H3. The molecule has 0 amide bonds. The molecule has 0 atom stereocenters. The monoisotopic (exact) mass is 271 g/mol. The lowest BCUT2D eigenvalue weighted by Crippen LogP contribution is -2.16. The summed E-state index contributed by atoms with van der Waals surface area (Å²) in [7, 11) is 0. The Hall–Kier alpha value is -2.49. The number of aromatic hydroxyl groups is 1. The number of carbonyl (C=O) groups is 1. The van der Waals surface area contributed by atoms with Crippen molar-refractivity contribution in [2.45, 2.75) is 6.92 Å². The van der Waals surface area contributed by atoms with E-state index in [-0.39, 0.29) is 18.3 Å². The number of hydrogen-bond donors (Lipinski definition) is 2. The molecule has 0 aliphatic rings. The molecule has 2 aromatic carbocycles. The minimum Gasteiger partial charge on any atom is -0.506 e. The highest BCUT2D eigenvalue weighted by Gasteiger charge is 2.07. The van der Waals surface area contributed by atoms with Crippen LogP contribution in [0.4, 0.5) is 5.69 Å². The second kappa shape index (κ2) is 6.61. The van der Waals surface area contributed by atoms with Gasteiger partial charge >= 0.3 is 5.97 Å². The number of ether oxygens (including phenoxy) is 1. The van der Waals surface area contributed by atoms with Gasteiger partial charge in [-0.25, -0.2) is 0 Å². The molecule has 0 saturated heterocycles. The van der Waals surface area contributed by atoms with Crippen LogP contribution in [0.2, 0.25) is 0 Å². The highest BCUT2D eigenvalue weighted by molar-refractivity contribution is 5.78. The Kier molecular flexibility index (Phi) is 4.60. The molecule has 0 unspecified atom stereocenters. The molecule has 0 aliphatic heterocycles. The van der Waals surface area contributed by atoms with E-state index in [1.807, 2.05) is 42.5 Å². The van der Waals surface area contributed by atoms with E-state index >= 15 is 0 Å². The van der Waals surface area contributed by atoms with Gasteiger partial charge < -0.3 is 15.2 Å². The van der Waals surface area contributed by atoms with Gasteiger partial charge in [0.15, 0.2) is 0 Å². The second-order valence-electron chi connectivity index (χ2n) is 4.26. The topological polar surface area (TPSA) is 58.6 Å². The van der Waals surface area contributed by atoms with Gasteiger partial charge in [-0.1, -0.05) is 36.4 Å². The van der Waals surface area contributed by atoms with Crippen LogP contribution in [0.3, 0.4) is 0 Å². The molecule has 2 rings (SSSR count). The number of esters is 1. The molecule has 2 N–H and O–H groups in total. The molecular weight excluding hydrogens is 254 g/mol. The van der Waals surface area contributed by atoms with Gasteiger partial charge in [-0.15, -0.1) is 0 Å². The van der Waals surface area contributed by atoms with Gasteiger partial charge in [0.2, 0.25) is 0 Å². The normalized spacial score (nSPS) is 10.1. The van der Waals surface area contributed by atoms with Gasteiger partial charge in [-0.05, 0) is 30.2 Å². The third-order valence-corrected chi connectivity index (χ3v) is 2.83. The lowest BCUT2D eigenvalue weighted by atomic mass is 10.0. The Morgan fingerprint density at radius 3 is 2.60 bits per heavy atom. The van der Waals surface area contributed by atoms with E-state index in [1.165, 1.54) is 0 Å². The minimum absolute atomic E-state index is 0.0274. The molecule has 2 aromatic rings. The third-order valence-electron chi connectivity index (χ3n) is 2.83. The first kappa shape index (κ1) is 13.9. The number of rotatable bonds is 5. The van der Waals surface area contributed by atoms with Crippen molar-refractivity contribution in [2.75, 3.05) is 18.5 Å². The molecule has 0 spiro atoms. The maximum absolute atomic E-state index is 11.3.